The standard InChI is InChI=1S/C10H6F8O6/c1-23-5(21)7(11,12)3(19)9(15,16)10(17,18)4(20)8(13,14)6(22)24-2/h1-2H3. The monoisotopic (exact) mass is 374 g/mol. The van der Waals surface area contributed by atoms with Crippen molar-refractivity contribution >= 4 is 23.5 Å². The predicted molar refractivity (Wildman–Crippen MR) is 53.8 cm³/mol. The molecule has 0 aromatic rings. The number of hydrogen-bond donors (Lipinski definition) is 0. The number of ketones is 2. The van der Waals surface area contributed by atoms with Crippen LogP contribution in [0.25, 0.3) is 0 Å². The van der Waals surface area contributed by atoms with E-state index in [4.69, 9.17) is 0 Å². The molecule has 0 rings (SSSR count). The zero-order valence-electron chi connectivity index (χ0n) is 11.5. The highest BCUT2D eigenvalue weighted by Crippen LogP contribution is 2.43. The normalized spacial score (nSPS) is 13.2. The van der Waals surface area contributed by atoms with E-state index < -0.39 is 47.2 Å². The minimum absolute atomic E-state index is 0.177. The fraction of sp³-hybridized carbons (Fsp3) is 0.600. The van der Waals surface area contributed by atoms with Crippen LogP contribution in [0.1, 0.15) is 0 Å². The van der Waals surface area contributed by atoms with Crippen molar-refractivity contribution in [3.8, 4) is 0 Å². The van der Waals surface area contributed by atoms with E-state index in [-0.39, 0.29) is 14.2 Å². The van der Waals surface area contributed by atoms with Gasteiger partial charge in [-0.15, -0.1) is 0 Å². The molecule has 0 unspecified atom stereocenters. The highest BCUT2D eigenvalue weighted by atomic mass is 19.3. The Labute approximate surface area is 126 Å². The van der Waals surface area contributed by atoms with E-state index in [1.807, 2.05) is 0 Å². The summed E-state index contributed by atoms with van der Waals surface area (Å²) in [5, 5.41) is 0. The quantitative estimate of drug-likeness (QED) is 0.376. The van der Waals surface area contributed by atoms with Gasteiger partial charge >= 0.3 is 35.6 Å². The minimum atomic E-state index is -6.78. The molecule has 0 aliphatic heterocycles. The summed E-state index contributed by atoms with van der Waals surface area (Å²) in [7, 11) is 0.354. The third-order valence-electron chi connectivity index (χ3n) is 2.42. The summed E-state index contributed by atoms with van der Waals surface area (Å²) in [6.07, 6.45) is 0. The van der Waals surface area contributed by atoms with Crippen molar-refractivity contribution in [2.75, 3.05) is 14.2 Å². The SMILES string of the molecule is COC(=O)C(F)(F)C(=O)C(F)(F)C(F)(F)C(=O)C(F)(F)C(=O)OC. The molecule has 0 aromatic heterocycles. The molecule has 14 heteroatoms. The predicted octanol–water partition coefficient (Wildman–Crippen LogP) is 1.01. The molecule has 0 N–H and O–H groups in total. The summed E-state index contributed by atoms with van der Waals surface area (Å²) in [6.45, 7) is 0. The van der Waals surface area contributed by atoms with E-state index in [1.54, 1.807) is 0 Å². The Hall–Kier alpha value is -2.28. The van der Waals surface area contributed by atoms with E-state index in [2.05, 4.69) is 9.47 Å². The van der Waals surface area contributed by atoms with Crippen molar-refractivity contribution in [2.45, 2.75) is 23.7 Å². The lowest BCUT2D eigenvalue weighted by molar-refractivity contribution is -0.234. The second-order valence-corrected chi connectivity index (χ2v) is 3.94. The minimum Gasteiger partial charge on any atom is -0.464 e. The van der Waals surface area contributed by atoms with Gasteiger partial charge in [-0.1, -0.05) is 0 Å². The molecule has 0 radical (unpaired) electrons. The van der Waals surface area contributed by atoms with E-state index >= 15 is 0 Å². The average molecular weight is 374 g/mol. The molecule has 138 valence electrons. The Morgan fingerprint density at radius 2 is 0.792 bits per heavy atom. The van der Waals surface area contributed by atoms with Crippen LogP contribution in [-0.2, 0) is 28.7 Å². The Balaban J connectivity index is 6.01. The van der Waals surface area contributed by atoms with Crippen molar-refractivity contribution in [3.05, 3.63) is 0 Å². The van der Waals surface area contributed by atoms with Crippen molar-refractivity contribution in [2.24, 2.45) is 0 Å². The first-order chi connectivity index (χ1) is 10.5. The van der Waals surface area contributed by atoms with Gasteiger partial charge in [0.05, 0.1) is 14.2 Å². The first kappa shape index (κ1) is 21.7. The molecule has 0 fully saturated rings. The van der Waals surface area contributed by atoms with E-state index in [0.717, 1.165) is 0 Å². The van der Waals surface area contributed by atoms with Crippen LogP contribution in [0.5, 0.6) is 0 Å². The van der Waals surface area contributed by atoms with Gasteiger partial charge in [-0.25, -0.2) is 9.59 Å². The lowest BCUT2D eigenvalue weighted by Crippen LogP contribution is -2.63. The molecule has 0 heterocycles. The molecule has 0 aromatic carbocycles. The van der Waals surface area contributed by atoms with E-state index in [1.165, 1.54) is 0 Å². The lowest BCUT2D eigenvalue weighted by atomic mass is 9.95. The van der Waals surface area contributed by atoms with Crippen molar-refractivity contribution in [1.82, 2.24) is 0 Å². The number of ether oxygens (including phenoxy) is 2. The van der Waals surface area contributed by atoms with Crippen LogP contribution in [-0.4, -0.2) is 61.4 Å². The van der Waals surface area contributed by atoms with Crippen LogP contribution in [0.3, 0.4) is 0 Å². The number of rotatable bonds is 7. The first-order valence-electron chi connectivity index (χ1n) is 5.30. The zero-order valence-corrected chi connectivity index (χ0v) is 11.5. The number of alkyl halides is 8. The molecule has 0 aliphatic rings. The number of Topliss-reactive ketones (excluding diaryl/α,β-unsaturated/α-hetero) is 2. The van der Waals surface area contributed by atoms with Crippen LogP contribution in [0.2, 0.25) is 0 Å². The number of halogens is 8. The number of hydrogen-bond acceptors (Lipinski definition) is 6. The molecule has 0 amide bonds. The second-order valence-electron chi connectivity index (χ2n) is 3.94. The largest absolute Gasteiger partial charge is 0.464 e. The van der Waals surface area contributed by atoms with Crippen LogP contribution >= 0.6 is 0 Å². The van der Waals surface area contributed by atoms with Gasteiger partial charge in [0.2, 0.25) is 0 Å². The molecular weight excluding hydrogens is 368 g/mol. The zero-order chi connectivity index (χ0) is 19.7. The fourth-order valence-corrected chi connectivity index (χ4v) is 1.12. The van der Waals surface area contributed by atoms with Gasteiger partial charge in [0.25, 0.3) is 11.6 Å². The van der Waals surface area contributed by atoms with Crippen molar-refractivity contribution < 1.29 is 63.8 Å². The Morgan fingerprint density at radius 3 is 0.958 bits per heavy atom. The number of esters is 2. The maximum absolute atomic E-state index is 13.2. The molecule has 0 spiro atoms. The topological polar surface area (TPSA) is 86.7 Å². The number of carbonyl (C=O) groups excluding carboxylic acids is 4. The van der Waals surface area contributed by atoms with Gasteiger partial charge in [-0.3, -0.25) is 9.59 Å². The van der Waals surface area contributed by atoms with Gasteiger partial charge in [0.15, 0.2) is 0 Å². The van der Waals surface area contributed by atoms with Crippen LogP contribution in [0.4, 0.5) is 35.1 Å². The molecule has 0 aliphatic carbocycles. The van der Waals surface area contributed by atoms with Gasteiger partial charge in [-0.05, 0) is 0 Å². The molecule has 24 heavy (non-hydrogen) atoms. The highest BCUT2D eigenvalue weighted by Gasteiger charge is 2.77. The van der Waals surface area contributed by atoms with Gasteiger partial charge in [0.1, 0.15) is 0 Å². The van der Waals surface area contributed by atoms with E-state index in [9.17, 15) is 54.3 Å². The van der Waals surface area contributed by atoms with Gasteiger partial charge < -0.3 is 9.47 Å². The fourth-order valence-electron chi connectivity index (χ4n) is 1.12. The summed E-state index contributed by atoms with van der Waals surface area (Å²) < 4.78 is 111. The Kier molecular flexibility index (Phi) is 5.72. The molecular formula is C10H6F8O6. The lowest BCUT2D eigenvalue weighted by Gasteiger charge is -2.27. The summed E-state index contributed by atoms with van der Waals surface area (Å²) in [6, 6.07) is 0. The van der Waals surface area contributed by atoms with Crippen LogP contribution < -0.4 is 0 Å². The highest BCUT2D eigenvalue weighted by molar-refractivity contribution is 6.15. The average Bonchev–Trinajstić information content (AvgIpc) is 2.50. The number of carbonyl (C=O) groups is 4. The van der Waals surface area contributed by atoms with Crippen molar-refractivity contribution in [3.63, 3.8) is 0 Å². The maximum atomic E-state index is 13.2. The third-order valence-corrected chi connectivity index (χ3v) is 2.42. The Morgan fingerprint density at radius 1 is 0.583 bits per heavy atom. The summed E-state index contributed by atoms with van der Waals surface area (Å²) in [5.41, 5.74) is 0. The molecule has 6 nitrogen and oxygen atoms in total. The molecule has 0 saturated heterocycles. The maximum Gasteiger partial charge on any atom is 0.406 e. The van der Waals surface area contributed by atoms with Gasteiger partial charge in [-0.2, -0.15) is 35.1 Å². The van der Waals surface area contributed by atoms with Crippen molar-refractivity contribution in [1.29, 1.82) is 0 Å². The summed E-state index contributed by atoms with van der Waals surface area (Å²) >= 11 is 0. The van der Waals surface area contributed by atoms with Crippen LogP contribution in [0, 0.1) is 0 Å². The third kappa shape index (κ3) is 3.17. The molecule has 0 bridgehead atoms. The first-order valence-corrected chi connectivity index (χ1v) is 5.30. The smallest absolute Gasteiger partial charge is 0.406 e. The second kappa shape index (κ2) is 6.32. The molecule has 0 atom stereocenters. The summed E-state index contributed by atoms with van der Waals surface area (Å²) in [4.78, 5) is 42.6. The van der Waals surface area contributed by atoms with Crippen LogP contribution in [0.15, 0.2) is 0 Å². The number of methoxy groups -OCH3 is 2. The molecule has 0 saturated carbocycles. The van der Waals surface area contributed by atoms with E-state index in [0.29, 0.717) is 0 Å². The Bertz CT molecular complexity index is 520. The van der Waals surface area contributed by atoms with Gasteiger partial charge in [0, 0.05) is 0 Å². The summed E-state index contributed by atoms with van der Waals surface area (Å²) in [5.74, 6) is -39.7.